The van der Waals surface area contributed by atoms with Gasteiger partial charge in [0.1, 0.15) is 5.75 Å². The maximum atomic E-state index is 11.9. The molecular weight excluding hydrogens is 368 g/mol. The summed E-state index contributed by atoms with van der Waals surface area (Å²) in [5.74, 6) is 0.670. The molecule has 1 aromatic carbocycles. The number of amides is 2. The summed E-state index contributed by atoms with van der Waals surface area (Å²) in [6.45, 7) is 5.87. The van der Waals surface area contributed by atoms with Gasteiger partial charge in [0.2, 0.25) is 5.91 Å². The summed E-state index contributed by atoms with van der Waals surface area (Å²) in [5.41, 5.74) is 0.704. The van der Waals surface area contributed by atoms with Crippen molar-refractivity contribution in [3.8, 4) is 5.75 Å². The molecule has 0 atom stereocenters. The zero-order valence-corrected chi connectivity index (χ0v) is 16.4. The van der Waals surface area contributed by atoms with Crippen LogP contribution in [0.25, 0.3) is 0 Å². The van der Waals surface area contributed by atoms with Gasteiger partial charge in [-0.15, -0.1) is 12.4 Å². The van der Waals surface area contributed by atoms with Gasteiger partial charge in [0.15, 0.2) is 6.61 Å². The lowest BCUT2D eigenvalue weighted by atomic mass is 10.3. The molecule has 3 rings (SSSR count). The highest BCUT2D eigenvalue weighted by Gasteiger charge is 2.29. The molecule has 0 bridgehead atoms. The molecule has 1 aliphatic heterocycles. The number of anilines is 1. The van der Waals surface area contributed by atoms with E-state index in [0.29, 0.717) is 18.0 Å². The van der Waals surface area contributed by atoms with Crippen LogP contribution in [0.3, 0.4) is 0 Å². The lowest BCUT2D eigenvalue weighted by molar-refractivity contribution is -0.123. The van der Waals surface area contributed by atoms with E-state index in [1.807, 2.05) is 12.1 Å². The van der Waals surface area contributed by atoms with E-state index in [2.05, 4.69) is 20.9 Å². The van der Waals surface area contributed by atoms with Crippen molar-refractivity contribution < 1.29 is 14.3 Å². The summed E-state index contributed by atoms with van der Waals surface area (Å²) in [7, 11) is 0. The summed E-state index contributed by atoms with van der Waals surface area (Å²) in [6.07, 6.45) is 2.88. The minimum Gasteiger partial charge on any atom is -0.484 e. The Kier molecular flexibility index (Phi) is 8.84. The summed E-state index contributed by atoms with van der Waals surface area (Å²) in [4.78, 5) is 26.1. The topological polar surface area (TPSA) is 82.7 Å². The first-order valence-electron chi connectivity index (χ1n) is 9.44. The van der Waals surface area contributed by atoms with Gasteiger partial charge in [0.25, 0.3) is 5.91 Å². The molecule has 2 aliphatic rings. The second-order valence-corrected chi connectivity index (χ2v) is 6.88. The Morgan fingerprint density at radius 2 is 2.00 bits per heavy atom. The van der Waals surface area contributed by atoms with E-state index in [0.717, 1.165) is 52.0 Å². The predicted molar refractivity (Wildman–Crippen MR) is 107 cm³/mol. The van der Waals surface area contributed by atoms with E-state index < -0.39 is 0 Å². The van der Waals surface area contributed by atoms with Gasteiger partial charge in [-0.25, -0.2) is 0 Å². The first-order chi connectivity index (χ1) is 12.7. The zero-order valence-electron chi connectivity index (χ0n) is 15.5. The first kappa shape index (κ1) is 21.5. The van der Waals surface area contributed by atoms with Crippen molar-refractivity contribution in [1.29, 1.82) is 0 Å². The molecule has 1 saturated carbocycles. The third kappa shape index (κ3) is 7.74. The quantitative estimate of drug-likeness (QED) is 0.547. The van der Waals surface area contributed by atoms with Crippen LogP contribution in [0.2, 0.25) is 0 Å². The van der Waals surface area contributed by atoms with Crippen molar-refractivity contribution in [3.63, 3.8) is 0 Å². The molecule has 1 aromatic rings. The molecule has 0 radical (unpaired) electrons. The molecule has 8 heteroatoms. The number of nitrogens with one attached hydrogen (secondary N) is 3. The van der Waals surface area contributed by atoms with Crippen LogP contribution in [0, 0.1) is 5.92 Å². The molecule has 0 aromatic heterocycles. The average Bonchev–Trinajstić information content (AvgIpc) is 3.50. The van der Waals surface area contributed by atoms with Crippen molar-refractivity contribution in [2.75, 3.05) is 51.2 Å². The fourth-order valence-corrected chi connectivity index (χ4v) is 2.92. The number of nitrogens with zero attached hydrogens (tertiary/aromatic N) is 1. The maximum Gasteiger partial charge on any atom is 0.257 e. The molecule has 0 spiro atoms. The minimum atomic E-state index is -0.127. The molecule has 7 nitrogen and oxygen atoms in total. The Bertz CT molecular complexity index is 619. The lowest BCUT2D eigenvalue weighted by Gasteiger charge is -2.27. The van der Waals surface area contributed by atoms with E-state index in [-0.39, 0.29) is 36.7 Å². The van der Waals surface area contributed by atoms with Crippen molar-refractivity contribution >= 4 is 29.9 Å². The SMILES string of the molecule is Cl.O=C(COc1cccc(NC(=O)C2CC2)c1)NCCCN1CCNCC1. The fourth-order valence-electron chi connectivity index (χ4n) is 2.92. The van der Waals surface area contributed by atoms with E-state index in [9.17, 15) is 9.59 Å². The average molecular weight is 397 g/mol. The Balaban J connectivity index is 0.00000261. The number of piperazine rings is 1. The van der Waals surface area contributed by atoms with E-state index in [4.69, 9.17) is 4.74 Å². The molecule has 3 N–H and O–H groups in total. The van der Waals surface area contributed by atoms with E-state index in [1.165, 1.54) is 0 Å². The van der Waals surface area contributed by atoms with E-state index >= 15 is 0 Å². The Labute approximate surface area is 166 Å². The number of rotatable bonds is 9. The standard InChI is InChI=1S/C19H28N4O3.ClH/c24-18(21-7-2-10-23-11-8-20-9-12-23)14-26-17-4-1-3-16(13-17)22-19(25)15-5-6-15;/h1,3-4,13,15,20H,2,5-12,14H2,(H,21,24)(H,22,25);1H. The van der Waals surface area contributed by atoms with Crippen molar-refractivity contribution in [3.05, 3.63) is 24.3 Å². The van der Waals surface area contributed by atoms with Gasteiger partial charge in [-0.2, -0.15) is 0 Å². The van der Waals surface area contributed by atoms with Gasteiger partial charge in [0, 0.05) is 50.4 Å². The van der Waals surface area contributed by atoms with Crippen LogP contribution in [-0.2, 0) is 9.59 Å². The van der Waals surface area contributed by atoms with Crippen LogP contribution >= 0.6 is 12.4 Å². The van der Waals surface area contributed by atoms with Gasteiger partial charge in [-0.3, -0.25) is 9.59 Å². The molecule has 1 aliphatic carbocycles. The van der Waals surface area contributed by atoms with Crippen molar-refractivity contribution in [2.45, 2.75) is 19.3 Å². The van der Waals surface area contributed by atoms with Crippen LogP contribution in [0.15, 0.2) is 24.3 Å². The molecule has 0 unspecified atom stereocenters. The molecule has 2 fully saturated rings. The molecule has 150 valence electrons. The number of hydrogen-bond acceptors (Lipinski definition) is 5. The summed E-state index contributed by atoms with van der Waals surface area (Å²) >= 11 is 0. The van der Waals surface area contributed by atoms with Gasteiger partial charge < -0.3 is 25.6 Å². The van der Waals surface area contributed by atoms with Gasteiger partial charge >= 0.3 is 0 Å². The van der Waals surface area contributed by atoms with Crippen molar-refractivity contribution in [2.24, 2.45) is 5.92 Å². The maximum absolute atomic E-state index is 11.9. The van der Waals surface area contributed by atoms with Gasteiger partial charge in [-0.05, 0) is 37.9 Å². The second-order valence-electron chi connectivity index (χ2n) is 6.88. The normalized spacial score (nSPS) is 16.9. The predicted octanol–water partition coefficient (Wildman–Crippen LogP) is 1.25. The molecule has 1 saturated heterocycles. The smallest absolute Gasteiger partial charge is 0.257 e. The lowest BCUT2D eigenvalue weighted by Crippen LogP contribution is -2.44. The molecular formula is C19H29ClN4O3. The monoisotopic (exact) mass is 396 g/mol. The Hall–Kier alpha value is -1.83. The van der Waals surface area contributed by atoms with Crippen molar-refractivity contribution in [1.82, 2.24) is 15.5 Å². The molecule has 1 heterocycles. The highest BCUT2D eigenvalue weighted by molar-refractivity contribution is 5.94. The first-order valence-corrected chi connectivity index (χ1v) is 9.44. The Morgan fingerprint density at radius 1 is 1.22 bits per heavy atom. The fraction of sp³-hybridized carbons (Fsp3) is 0.579. The third-order valence-electron chi connectivity index (χ3n) is 4.60. The zero-order chi connectivity index (χ0) is 18.2. The van der Waals surface area contributed by atoms with Gasteiger partial charge in [-0.1, -0.05) is 6.07 Å². The van der Waals surface area contributed by atoms with E-state index in [1.54, 1.807) is 12.1 Å². The minimum absolute atomic E-state index is 0. The summed E-state index contributed by atoms with van der Waals surface area (Å²) in [5, 5.41) is 9.09. The van der Waals surface area contributed by atoms with Crippen LogP contribution in [0.5, 0.6) is 5.75 Å². The number of carbonyl (C=O) groups is 2. The van der Waals surface area contributed by atoms with Crippen LogP contribution in [0.1, 0.15) is 19.3 Å². The number of benzene rings is 1. The summed E-state index contributed by atoms with van der Waals surface area (Å²) < 4.78 is 5.53. The Morgan fingerprint density at radius 3 is 2.74 bits per heavy atom. The van der Waals surface area contributed by atoms with Crippen LogP contribution < -0.4 is 20.7 Å². The highest BCUT2D eigenvalue weighted by atomic mass is 35.5. The summed E-state index contributed by atoms with van der Waals surface area (Å²) in [6, 6.07) is 7.16. The highest BCUT2D eigenvalue weighted by Crippen LogP contribution is 2.30. The van der Waals surface area contributed by atoms with Gasteiger partial charge in [0.05, 0.1) is 0 Å². The molecule has 2 amide bonds. The largest absolute Gasteiger partial charge is 0.484 e. The van der Waals surface area contributed by atoms with Crippen LogP contribution in [0.4, 0.5) is 5.69 Å². The second kappa shape index (κ2) is 11.1. The number of carbonyl (C=O) groups excluding carboxylic acids is 2. The van der Waals surface area contributed by atoms with Crippen LogP contribution in [-0.4, -0.2) is 62.6 Å². The number of ether oxygens (including phenoxy) is 1. The molecule has 27 heavy (non-hydrogen) atoms. The number of halogens is 1. The number of hydrogen-bond donors (Lipinski definition) is 3. The third-order valence-corrected chi connectivity index (χ3v) is 4.60.